The molecule has 34 heavy (non-hydrogen) atoms. The lowest BCUT2D eigenvalue weighted by Crippen LogP contribution is -2.27. The monoisotopic (exact) mass is 459 g/mol. The van der Waals surface area contributed by atoms with E-state index in [2.05, 4.69) is 0 Å². The molecule has 1 saturated heterocycles. The Labute approximate surface area is 197 Å². The summed E-state index contributed by atoms with van der Waals surface area (Å²) in [6.45, 7) is 2.71. The summed E-state index contributed by atoms with van der Waals surface area (Å²) in [5, 5.41) is 10.8. The van der Waals surface area contributed by atoms with Crippen molar-refractivity contribution in [1.82, 2.24) is 9.55 Å². The molecule has 0 radical (unpaired) electrons. The molecule has 0 unspecified atom stereocenters. The maximum Gasteiger partial charge on any atom is 0.227 e. The number of para-hydroxylation sites is 3. The molecular weight excluding hydrogens is 433 g/mol. The first kappa shape index (κ1) is 22.1. The number of aliphatic hydroxyl groups is 1. The number of nitrogens with zero attached hydrogens (tertiary/aromatic N) is 3. The number of rotatable bonds is 7. The van der Waals surface area contributed by atoms with Gasteiger partial charge in [0.25, 0.3) is 0 Å². The van der Waals surface area contributed by atoms with Crippen molar-refractivity contribution in [3.8, 4) is 5.75 Å². The van der Waals surface area contributed by atoms with E-state index in [1.54, 1.807) is 18.2 Å². The van der Waals surface area contributed by atoms with Crippen molar-refractivity contribution >= 4 is 22.6 Å². The summed E-state index contributed by atoms with van der Waals surface area (Å²) in [7, 11) is 0. The number of ether oxygens (including phenoxy) is 1. The molecule has 1 amide bonds. The van der Waals surface area contributed by atoms with Crippen LogP contribution in [0.4, 0.5) is 10.1 Å². The minimum Gasteiger partial charge on any atom is -0.491 e. The van der Waals surface area contributed by atoms with Gasteiger partial charge in [0.05, 0.1) is 23.3 Å². The van der Waals surface area contributed by atoms with Crippen LogP contribution in [-0.4, -0.2) is 39.8 Å². The second kappa shape index (κ2) is 9.27. The Bertz CT molecular complexity index is 1340. The third kappa shape index (κ3) is 4.39. The predicted octanol–water partition coefficient (Wildman–Crippen LogP) is 4.44. The zero-order valence-electron chi connectivity index (χ0n) is 18.9. The number of carbonyl (C=O) groups excluding carboxylic acids is 1. The lowest BCUT2D eigenvalue weighted by Gasteiger charge is -2.19. The van der Waals surface area contributed by atoms with Crippen LogP contribution in [0.25, 0.3) is 11.0 Å². The van der Waals surface area contributed by atoms with Crippen LogP contribution < -0.4 is 9.64 Å². The number of hydrogen-bond acceptors (Lipinski definition) is 4. The maximum atomic E-state index is 14.4. The van der Waals surface area contributed by atoms with Gasteiger partial charge in [-0.3, -0.25) is 4.79 Å². The van der Waals surface area contributed by atoms with Crippen LogP contribution in [0.15, 0.2) is 72.8 Å². The molecule has 1 aromatic heterocycles. The van der Waals surface area contributed by atoms with Gasteiger partial charge in [-0.05, 0) is 48.9 Å². The molecule has 1 aliphatic rings. The fourth-order valence-electron chi connectivity index (χ4n) is 4.54. The minimum atomic E-state index is -0.781. The van der Waals surface area contributed by atoms with Crippen LogP contribution in [0.5, 0.6) is 5.75 Å². The normalized spacial score (nSPS) is 16.9. The van der Waals surface area contributed by atoms with Crippen molar-refractivity contribution < 1.29 is 19.0 Å². The average Bonchev–Trinajstić information content (AvgIpc) is 3.39. The van der Waals surface area contributed by atoms with Crippen molar-refractivity contribution in [2.24, 2.45) is 0 Å². The SMILES string of the molecule is Cc1cccc(OC[C@@H](O)Cn2c([C@H]3CC(=O)N(c4ccccc4F)C3)nc3ccccc32)c1. The van der Waals surface area contributed by atoms with Crippen molar-refractivity contribution in [2.75, 3.05) is 18.1 Å². The average molecular weight is 460 g/mol. The van der Waals surface area contributed by atoms with Crippen LogP contribution in [0.2, 0.25) is 0 Å². The van der Waals surface area contributed by atoms with Crippen molar-refractivity contribution in [1.29, 1.82) is 0 Å². The number of aryl methyl sites for hydroxylation is 1. The van der Waals surface area contributed by atoms with E-state index in [0.29, 0.717) is 18.1 Å². The molecule has 0 spiro atoms. The number of fused-ring (bicyclic) bond motifs is 1. The first-order valence-electron chi connectivity index (χ1n) is 11.4. The quantitative estimate of drug-likeness (QED) is 0.444. The summed E-state index contributed by atoms with van der Waals surface area (Å²) in [6.07, 6.45) is -0.551. The lowest BCUT2D eigenvalue weighted by molar-refractivity contribution is -0.117. The van der Waals surface area contributed by atoms with Crippen molar-refractivity contribution in [3.63, 3.8) is 0 Å². The maximum absolute atomic E-state index is 14.4. The second-order valence-corrected chi connectivity index (χ2v) is 8.71. The molecule has 0 saturated carbocycles. The zero-order chi connectivity index (χ0) is 23.7. The molecule has 2 atom stereocenters. The number of imidazole rings is 1. The van der Waals surface area contributed by atoms with E-state index >= 15 is 0 Å². The van der Waals surface area contributed by atoms with Gasteiger partial charge in [0.15, 0.2) is 0 Å². The molecular formula is C27H26FN3O3. The zero-order valence-corrected chi connectivity index (χ0v) is 18.9. The van der Waals surface area contributed by atoms with E-state index in [4.69, 9.17) is 9.72 Å². The second-order valence-electron chi connectivity index (χ2n) is 8.71. The summed E-state index contributed by atoms with van der Waals surface area (Å²) in [5.41, 5.74) is 3.04. The summed E-state index contributed by atoms with van der Waals surface area (Å²) in [4.78, 5) is 19.1. The number of hydrogen-bond donors (Lipinski definition) is 1. The van der Waals surface area contributed by atoms with Crippen LogP contribution >= 0.6 is 0 Å². The molecule has 3 aromatic carbocycles. The topological polar surface area (TPSA) is 67.6 Å². The molecule has 5 rings (SSSR count). The number of benzene rings is 3. The Balaban J connectivity index is 1.39. The molecule has 4 aromatic rings. The summed E-state index contributed by atoms with van der Waals surface area (Å²) in [5.74, 6) is 0.634. The molecule has 0 aliphatic carbocycles. The highest BCUT2D eigenvalue weighted by molar-refractivity contribution is 5.96. The van der Waals surface area contributed by atoms with Gasteiger partial charge in [0, 0.05) is 18.9 Å². The van der Waals surface area contributed by atoms with Crippen molar-refractivity contribution in [2.45, 2.75) is 31.9 Å². The Hall–Kier alpha value is -3.71. The van der Waals surface area contributed by atoms with Gasteiger partial charge in [-0.15, -0.1) is 0 Å². The van der Waals surface area contributed by atoms with Crippen LogP contribution in [0.3, 0.4) is 0 Å². The van der Waals surface area contributed by atoms with E-state index in [1.165, 1.54) is 11.0 Å². The third-order valence-corrected chi connectivity index (χ3v) is 6.14. The summed E-state index contributed by atoms with van der Waals surface area (Å²) >= 11 is 0. The predicted molar refractivity (Wildman–Crippen MR) is 129 cm³/mol. The fourth-order valence-corrected chi connectivity index (χ4v) is 4.54. The number of anilines is 1. The standard InChI is InChI=1S/C27H26FN3O3/c1-18-7-6-8-21(13-18)34-17-20(32)16-31-25-12-5-3-10-23(25)29-27(31)19-14-26(33)30(15-19)24-11-4-2-9-22(24)28/h2-13,19-20,32H,14-17H2,1H3/t19-,20-/m0/s1. The number of amides is 1. The van der Waals surface area contributed by atoms with Gasteiger partial charge in [0.2, 0.25) is 5.91 Å². The molecule has 174 valence electrons. The third-order valence-electron chi connectivity index (χ3n) is 6.14. The highest BCUT2D eigenvalue weighted by Gasteiger charge is 2.36. The van der Waals surface area contributed by atoms with E-state index in [0.717, 1.165) is 16.6 Å². The van der Waals surface area contributed by atoms with Gasteiger partial charge < -0.3 is 19.3 Å². The largest absolute Gasteiger partial charge is 0.491 e. The Morgan fingerprint density at radius 1 is 1.12 bits per heavy atom. The highest BCUT2D eigenvalue weighted by Crippen LogP contribution is 2.34. The van der Waals surface area contributed by atoms with Crippen LogP contribution in [0.1, 0.15) is 23.7 Å². The number of aliphatic hydroxyl groups excluding tert-OH is 1. The number of halogens is 1. The molecule has 6 nitrogen and oxygen atoms in total. The first-order chi connectivity index (χ1) is 16.5. The van der Waals surface area contributed by atoms with Crippen molar-refractivity contribution in [3.05, 3.63) is 90.0 Å². The molecule has 7 heteroatoms. The van der Waals surface area contributed by atoms with E-state index in [9.17, 15) is 14.3 Å². The van der Waals surface area contributed by atoms with Crippen LogP contribution in [-0.2, 0) is 11.3 Å². The van der Waals surface area contributed by atoms with Gasteiger partial charge in [-0.25, -0.2) is 9.37 Å². The Morgan fingerprint density at radius 2 is 1.91 bits per heavy atom. The smallest absolute Gasteiger partial charge is 0.227 e. The molecule has 1 fully saturated rings. The lowest BCUT2D eigenvalue weighted by atomic mass is 10.1. The Kier molecular flexibility index (Phi) is 6.02. The first-order valence-corrected chi connectivity index (χ1v) is 11.4. The molecule has 2 heterocycles. The van der Waals surface area contributed by atoms with Gasteiger partial charge in [-0.2, -0.15) is 0 Å². The molecule has 0 bridgehead atoms. The fraction of sp³-hybridized carbons (Fsp3) is 0.259. The molecule has 1 N–H and O–H groups in total. The van der Waals surface area contributed by atoms with Gasteiger partial charge in [-0.1, -0.05) is 36.4 Å². The number of aromatic nitrogens is 2. The minimum absolute atomic E-state index is 0.125. The molecule has 1 aliphatic heterocycles. The Morgan fingerprint density at radius 3 is 2.74 bits per heavy atom. The van der Waals surface area contributed by atoms with Gasteiger partial charge in [0.1, 0.15) is 30.1 Å². The highest BCUT2D eigenvalue weighted by atomic mass is 19.1. The van der Waals surface area contributed by atoms with E-state index in [1.807, 2.05) is 60.0 Å². The van der Waals surface area contributed by atoms with E-state index in [-0.39, 0.29) is 37.1 Å². The summed E-state index contributed by atoms with van der Waals surface area (Å²) in [6, 6.07) is 21.7. The summed E-state index contributed by atoms with van der Waals surface area (Å²) < 4.78 is 22.1. The van der Waals surface area contributed by atoms with E-state index < -0.39 is 11.9 Å². The van der Waals surface area contributed by atoms with Crippen LogP contribution in [0, 0.1) is 12.7 Å². The number of carbonyl (C=O) groups is 1. The van der Waals surface area contributed by atoms with Gasteiger partial charge >= 0.3 is 0 Å².